The fraction of sp³-hybridized carbons (Fsp3) is 0.286. The molecule has 2 aromatic carbocycles. The van der Waals surface area contributed by atoms with Gasteiger partial charge in [-0.05, 0) is 44.4 Å². The Kier molecular flexibility index (Phi) is 4.64. The molecule has 132 valence electrons. The van der Waals surface area contributed by atoms with E-state index >= 15 is 0 Å². The average Bonchev–Trinajstić information content (AvgIpc) is 3.47. The van der Waals surface area contributed by atoms with E-state index in [1.165, 1.54) is 17.3 Å². The minimum atomic E-state index is -0.0161. The molecule has 1 saturated carbocycles. The van der Waals surface area contributed by atoms with Crippen LogP contribution < -0.4 is 5.32 Å². The summed E-state index contributed by atoms with van der Waals surface area (Å²) >= 11 is 1.48. The number of anilines is 1. The number of carbonyl (C=O) groups is 1. The number of nitrogens with zero attached hydrogens (tertiary/aromatic N) is 2. The van der Waals surface area contributed by atoms with Gasteiger partial charge in [-0.15, -0.1) is 0 Å². The van der Waals surface area contributed by atoms with Crippen LogP contribution in [0, 0.1) is 13.8 Å². The van der Waals surface area contributed by atoms with Crippen molar-refractivity contribution in [1.29, 1.82) is 0 Å². The van der Waals surface area contributed by atoms with Crippen LogP contribution in [0.4, 0.5) is 5.69 Å². The van der Waals surface area contributed by atoms with Crippen LogP contribution in [0.25, 0.3) is 10.9 Å². The van der Waals surface area contributed by atoms with Gasteiger partial charge in [-0.1, -0.05) is 47.7 Å². The summed E-state index contributed by atoms with van der Waals surface area (Å²) < 4.78 is 0. The van der Waals surface area contributed by atoms with E-state index in [4.69, 9.17) is 4.98 Å². The van der Waals surface area contributed by atoms with Crippen LogP contribution in [0.1, 0.15) is 35.7 Å². The second-order valence-corrected chi connectivity index (χ2v) is 7.80. The van der Waals surface area contributed by atoms with Gasteiger partial charge in [0, 0.05) is 17.0 Å². The van der Waals surface area contributed by atoms with Crippen molar-refractivity contribution in [3.8, 4) is 0 Å². The maximum atomic E-state index is 12.4. The molecule has 1 aromatic heterocycles. The van der Waals surface area contributed by atoms with Gasteiger partial charge in [-0.3, -0.25) is 4.79 Å². The number of benzene rings is 2. The van der Waals surface area contributed by atoms with Crippen LogP contribution in [0.3, 0.4) is 0 Å². The Hall–Kier alpha value is -2.40. The summed E-state index contributed by atoms with van der Waals surface area (Å²) in [4.78, 5) is 21.8. The maximum Gasteiger partial charge on any atom is 0.234 e. The molecule has 1 aliphatic rings. The lowest BCUT2D eigenvalue weighted by Gasteiger charge is -2.10. The normalized spacial score (nSPS) is 13.8. The predicted octanol–water partition coefficient (Wildman–Crippen LogP) is 4.85. The Balaban J connectivity index is 1.51. The Bertz CT molecular complexity index is 982. The lowest BCUT2D eigenvalue weighted by atomic mass is 10.1. The minimum Gasteiger partial charge on any atom is -0.325 e. The molecule has 0 unspecified atom stereocenters. The highest BCUT2D eigenvalue weighted by atomic mass is 32.2. The molecule has 0 radical (unpaired) electrons. The number of hydrogen-bond donors (Lipinski definition) is 1. The Morgan fingerprint density at radius 2 is 1.96 bits per heavy atom. The van der Waals surface area contributed by atoms with E-state index in [9.17, 15) is 4.79 Å². The smallest absolute Gasteiger partial charge is 0.234 e. The lowest BCUT2D eigenvalue weighted by Crippen LogP contribution is -2.15. The standard InChI is InChI=1S/C21H21N3OS/c1-13-7-10-17(14(2)11-13)22-19(25)12-26-21-16-5-3-4-6-18(16)23-20(24-21)15-8-9-15/h3-7,10-11,15H,8-9,12H2,1-2H3,(H,22,25). The second-order valence-electron chi connectivity index (χ2n) is 6.83. The van der Waals surface area contributed by atoms with Gasteiger partial charge in [0.25, 0.3) is 0 Å². The first-order valence-corrected chi connectivity index (χ1v) is 9.85. The van der Waals surface area contributed by atoms with Gasteiger partial charge in [0.1, 0.15) is 10.9 Å². The highest BCUT2D eigenvalue weighted by Gasteiger charge is 2.27. The highest BCUT2D eigenvalue weighted by Crippen LogP contribution is 2.39. The van der Waals surface area contributed by atoms with Gasteiger partial charge in [0.15, 0.2) is 0 Å². The Morgan fingerprint density at radius 1 is 1.15 bits per heavy atom. The van der Waals surface area contributed by atoms with Crippen molar-refractivity contribution < 1.29 is 4.79 Å². The van der Waals surface area contributed by atoms with Crippen LogP contribution in [-0.2, 0) is 4.79 Å². The third kappa shape index (κ3) is 3.73. The number of rotatable bonds is 5. The lowest BCUT2D eigenvalue weighted by molar-refractivity contribution is -0.113. The molecule has 4 nitrogen and oxygen atoms in total. The van der Waals surface area contributed by atoms with Gasteiger partial charge in [-0.25, -0.2) is 9.97 Å². The molecule has 1 fully saturated rings. The number of fused-ring (bicyclic) bond motifs is 1. The van der Waals surface area contributed by atoms with Gasteiger partial charge in [0.05, 0.1) is 11.3 Å². The summed E-state index contributed by atoms with van der Waals surface area (Å²) in [5, 5.41) is 4.91. The zero-order valence-corrected chi connectivity index (χ0v) is 15.8. The molecular formula is C21H21N3OS. The summed E-state index contributed by atoms with van der Waals surface area (Å²) in [6, 6.07) is 14.1. The number of carbonyl (C=O) groups excluding carboxylic acids is 1. The van der Waals surface area contributed by atoms with Gasteiger partial charge < -0.3 is 5.32 Å². The van der Waals surface area contributed by atoms with E-state index in [2.05, 4.69) is 16.4 Å². The molecule has 1 heterocycles. The van der Waals surface area contributed by atoms with Crippen molar-refractivity contribution in [2.24, 2.45) is 0 Å². The molecule has 1 N–H and O–H groups in total. The second kappa shape index (κ2) is 7.08. The zero-order valence-electron chi connectivity index (χ0n) is 15.0. The van der Waals surface area contributed by atoms with Crippen molar-refractivity contribution in [2.45, 2.75) is 37.6 Å². The number of hydrogen-bond acceptors (Lipinski definition) is 4. The molecule has 26 heavy (non-hydrogen) atoms. The van der Waals surface area contributed by atoms with E-state index in [1.54, 1.807) is 0 Å². The molecule has 1 amide bonds. The molecule has 0 atom stereocenters. The SMILES string of the molecule is Cc1ccc(NC(=O)CSc2nc(C3CC3)nc3ccccc23)c(C)c1. The number of nitrogens with one attached hydrogen (secondary N) is 1. The summed E-state index contributed by atoms with van der Waals surface area (Å²) in [5.74, 6) is 1.72. The quantitative estimate of drug-likeness (QED) is 0.520. The monoisotopic (exact) mass is 363 g/mol. The van der Waals surface area contributed by atoms with Crippen LogP contribution in [0.2, 0.25) is 0 Å². The van der Waals surface area contributed by atoms with E-state index in [-0.39, 0.29) is 5.91 Å². The molecule has 0 bridgehead atoms. The van der Waals surface area contributed by atoms with E-state index in [0.29, 0.717) is 11.7 Å². The van der Waals surface area contributed by atoms with Crippen molar-refractivity contribution in [1.82, 2.24) is 9.97 Å². The van der Waals surface area contributed by atoms with E-state index in [0.717, 1.165) is 45.8 Å². The van der Waals surface area contributed by atoms with Gasteiger partial charge in [-0.2, -0.15) is 0 Å². The molecule has 4 rings (SSSR count). The van der Waals surface area contributed by atoms with Gasteiger partial charge in [0.2, 0.25) is 5.91 Å². The highest BCUT2D eigenvalue weighted by molar-refractivity contribution is 8.00. The molecule has 5 heteroatoms. The summed E-state index contributed by atoms with van der Waals surface area (Å²) in [6.07, 6.45) is 2.32. The Morgan fingerprint density at radius 3 is 2.73 bits per heavy atom. The number of para-hydroxylation sites is 1. The topological polar surface area (TPSA) is 54.9 Å². The summed E-state index contributed by atoms with van der Waals surface area (Å²) in [7, 11) is 0. The largest absolute Gasteiger partial charge is 0.325 e. The van der Waals surface area contributed by atoms with Crippen LogP contribution in [-0.4, -0.2) is 21.6 Å². The van der Waals surface area contributed by atoms with Gasteiger partial charge >= 0.3 is 0 Å². The van der Waals surface area contributed by atoms with E-state index < -0.39 is 0 Å². The fourth-order valence-electron chi connectivity index (χ4n) is 2.97. The van der Waals surface area contributed by atoms with Crippen LogP contribution in [0.5, 0.6) is 0 Å². The summed E-state index contributed by atoms with van der Waals surface area (Å²) in [5.41, 5.74) is 4.09. The first-order valence-electron chi connectivity index (χ1n) is 8.87. The van der Waals surface area contributed by atoms with Crippen molar-refractivity contribution in [3.05, 3.63) is 59.4 Å². The molecule has 0 saturated heterocycles. The Labute approximate surface area is 157 Å². The van der Waals surface area contributed by atoms with Crippen molar-refractivity contribution in [2.75, 3.05) is 11.1 Å². The predicted molar refractivity (Wildman–Crippen MR) is 107 cm³/mol. The number of aromatic nitrogens is 2. The van der Waals surface area contributed by atoms with Crippen molar-refractivity contribution >= 4 is 34.3 Å². The zero-order chi connectivity index (χ0) is 18.1. The molecular weight excluding hydrogens is 342 g/mol. The first-order chi connectivity index (χ1) is 12.6. The molecule has 3 aromatic rings. The van der Waals surface area contributed by atoms with Crippen LogP contribution in [0.15, 0.2) is 47.5 Å². The third-order valence-corrected chi connectivity index (χ3v) is 5.52. The third-order valence-electron chi connectivity index (χ3n) is 4.52. The fourth-order valence-corrected chi connectivity index (χ4v) is 3.80. The molecule has 0 aliphatic heterocycles. The number of amides is 1. The molecule has 1 aliphatic carbocycles. The average molecular weight is 363 g/mol. The summed E-state index contributed by atoms with van der Waals surface area (Å²) in [6.45, 7) is 4.06. The van der Waals surface area contributed by atoms with Crippen LogP contribution >= 0.6 is 11.8 Å². The first kappa shape index (κ1) is 17.0. The maximum absolute atomic E-state index is 12.4. The van der Waals surface area contributed by atoms with E-state index in [1.807, 2.05) is 50.2 Å². The van der Waals surface area contributed by atoms with Crippen molar-refractivity contribution in [3.63, 3.8) is 0 Å². The molecule has 0 spiro atoms. The minimum absolute atomic E-state index is 0.0161. The number of aryl methyl sites for hydroxylation is 2. The number of thioether (sulfide) groups is 1.